The Bertz CT molecular complexity index is 1280. The molecule has 2 aromatic carbocycles. The molecule has 0 radical (unpaired) electrons. The molecule has 1 aromatic heterocycles. The number of halogens is 1. The second kappa shape index (κ2) is 9.86. The van der Waals surface area contributed by atoms with Gasteiger partial charge in [-0.3, -0.25) is 9.59 Å². The van der Waals surface area contributed by atoms with Gasteiger partial charge in [0.15, 0.2) is 5.78 Å². The first-order valence-corrected chi connectivity index (χ1v) is 12.4. The van der Waals surface area contributed by atoms with Crippen LogP contribution in [0.3, 0.4) is 0 Å². The third-order valence-corrected chi connectivity index (χ3v) is 7.90. The molecule has 0 aliphatic carbocycles. The molecule has 1 aliphatic heterocycles. The molecule has 1 saturated heterocycles. The van der Waals surface area contributed by atoms with Crippen molar-refractivity contribution in [1.29, 1.82) is 0 Å². The van der Waals surface area contributed by atoms with Crippen molar-refractivity contribution < 1.29 is 22.4 Å². The van der Waals surface area contributed by atoms with Crippen LogP contribution in [0.5, 0.6) is 0 Å². The number of rotatable bonds is 7. The van der Waals surface area contributed by atoms with Crippen molar-refractivity contribution in [1.82, 2.24) is 19.2 Å². The van der Waals surface area contributed by atoms with Crippen LogP contribution >= 0.6 is 0 Å². The van der Waals surface area contributed by atoms with E-state index in [1.165, 1.54) is 47.9 Å². The number of ketones is 1. The maximum Gasteiger partial charge on any atom is 0.243 e. The van der Waals surface area contributed by atoms with Crippen LogP contribution in [0.4, 0.5) is 4.39 Å². The van der Waals surface area contributed by atoms with Gasteiger partial charge in [-0.05, 0) is 49.6 Å². The summed E-state index contributed by atoms with van der Waals surface area (Å²) in [5, 5.41) is 2.83. The van der Waals surface area contributed by atoms with Crippen LogP contribution in [0.1, 0.15) is 35.7 Å². The first-order valence-electron chi connectivity index (χ1n) is 10.9. The van der Waals surface area contributed by atoms with E-state index in [0.29, 0.717) is 29.7 Å². The fourth-order valence-electron chi connectivity index (χ4n) is 3.97. The van der Waals surface area contributed by atoms with E-state index in [4.69, 9.17) is 0 Å². The molecule has 34 heavy (non-hydrogen) atoms. The van der Waals surface area contributed by atoms with Gasteiger partial charge in [-0.25, -0.2) is 17.8 Å². The van der Waals surface area contributed by atoms with Crippen molar-refractivity contribution in [2.24, 2.45) is 5.92 Å². The molecule has 3 aromatic rings. The summed E-state index contributed by atoms with van der Waals surface area (Å²) >= 11 is 0. The van der Waals surface area contributed by atoms with Gasteiger partial charge in [0, 0.05) is 43.5 Å². The standard InChI is InChI=1S/C24H25FN4O4S/c1-17(30)19-3-5-21(6-4-19)34(32,33)29-11-8-20(9-12-29)24(31)27-15-18-2-7-23(22(25)14-18)28-13-10-26-16-28/h2-7,10,13-14,16,20H,8-9,11-12,15H2,1H3,(H,27,31). The Morgan fingerprint density at radius 3 is 2.41 bits per heavy atom. The van der Waals surface area contributed by atoms with Crippen molar-refractivity contribution in [2.75, 3.05) is 13.1 Å². The number of benzene rings is 2. The van der Waals surface area contributed by atoms with Crippen LogP contribution in [0, 0.1) is 11.7 Å². The number of Topliss-reactive ketones (excluding diaryl/α,β-unsaturated/α-hetero) is 1. The van der Waals surface area contributed by atoms with Gasteiger partial charge in [-0.1, -0.05) is 18.2 Å². The number of imidazole rings is 1. The predicted molar refractivity (Wildman–Crippen MR) is 123 cm³/mol. The molecule has 0 bridgehead atoms. The molecule has 0 spiro atoms. The van der Waals surface area contributed by atoms with Crippen molar-refractivity contribution in [3.63, 3.8) is 0 Å². The summed E-state index contributed by atoms with van der Waals surface area (Å²) in [7, 11) is -3.69. The zero-order chi connectivity index (χ0) is 24.3. The molecule has 178 valence electrons. The number of nitrogens with zero attached hydrogens (tertiary/aromatic N) is 3. The minimum Gasteiger partial charge on any atom is -0.352 e. The van der Waals surface area contributed by atoms with Crippen LogP contribution in [0.2, 0.25) is 0 Å². The highest BCUT2D eigenvalue weighted by Crippen LogP contribution is 2.24. The zero-order valence-electron chi connectivity index (χ0n) is 18.6. The SMILES string of the molecule is CC(=O)c1ccc(S(=O)(=O)N2CCC(C(=O)NCc3ccc(-n4ccnc4)c(F)c3)CC2)cc1. The fourth-order valence-corrected chi connectivity index (χ4v) is 5.44. The Kier molecular flexibility index (Phi) is 6.90. The monoisotopic (exact) mass is 484 g/mol. The zero-order valence-corrected chi connectivity index (χ0v) is 19.5. The third-order valence-electron chi connectivity index (χ3n) is 5.98. The van der Waals surface area contributed by atoms with E-state index in [2.05, 4.69) is 10.3 Å². The molecular formula is C24H25FN4O4S. The van der Waals surface area contributed by atoms with E-state index in [-0.39, 0.29) is 42.1 Å². The summed E-state index contributed by atoms with van der Waals surface area (Å²) in [6.07, 6.45) is 5.50. The molecule has 1 fully saturated rings. The third kappa shape index (κ3) is 5.07. The summed E-state index contributed by atoms with van der Waals surface area (Å²) in [4.78, 5) is 28.1. The molecule has 4 rings (SSSR count). The van der Waals surface area contributed by atoms with Gasteiger partial charge in [0.2, 0.25) is 15.9 Å². The number of carbonyl (C=O) groups is 2. The molecule has 1 N–H and O–H groups in total. The van der Waals surface area contributed by atoms with Crippen LogP contribution in [-0.2, 0) is 21.4 Å². The van der Waals surface area contributed by atoms with E-state index in [9.17, 15) is 22.4 Å². The lowest BCUT2D eigenvalue weighted by molar-refractivity contribution is -0.126. The molecule has 0 unspecified atom stereocenters. The lowest BCUT2D eigenvalue weighted by Crippen LogP contribution is -2.42. The Hall–Kier alpha value is -3.37. The highest BCUT2D eigenvalue weighted by Gasteiger charge is 2.32. The van der Waals surface area contributed by atoms with Gasteiger partial charge < -0.3 is 9.88 Å². The fraction of sp³-hybridized carbons (Fsp3) is 0.292. The summed E-state index contributed by atoms with van der Waals surface area (Å²) in [5.41, 5.74) is 1.45. The minimum absolute atomic E-state index is 0.126. The quantitative estimate of drug-likeness (QED) is 0.520. The maximum atomic E-state index is 14.4. The van der Waals surface area contributed by atoms with Crippen molar-refractivity contribution in [3.8, 4) is 5.69 Å². The number of hydrogen-bond acceptors (Lipinski definition) is 5. The molecule has 0 saturated carbocycles. The van der Waals surface area contributed by atoms with Crippen LogP contribution in [0.15, 0.2) is 66.1 Å². The average Bonchev–Trinajstić information content (AvgIpc) is 3.37. The molecule has 0 atom stereocenters. The highest BCUT2D eigenvalue weighted by molar-refractivity contribution is 7.89. The lowest BCUT2D eigenvalue weighted by atomic mass is 9.97. The van der Waals surface area contributed by atoms with E-state index in [0.717, 1.165) is 0 Å². The summed E-state index contributed by atoms with van der Waals surface area (Å²) in [6, 6.07) is 10.6. The van der Waals surface area contributed by atoms with Gasteiger partial charge in [0.1, 0.15) is 5.82 Å². The van der Waals surface area contributed by atoms with E-state index >= 15 is 0 Å². The number of amides is 1. The summed E-state index contributed by atoms with van der Waals surface area (Å²) < 4.78 is 43.1. The minimum atomic E-state index is -3.69. The number of aromatic nitrogens is 2. The topological polar surface area (TPSA) is 101 Å². The molecular weight excluding hydrogens is 459 g/mol. The molecule has 8 nitrogen and oxygen atoms in total. The van der Waals surface area contributed by atoms with Crippen LogP contribution in [-0.4, -0.2) is 47.1 Å². The Morgan fingerprint density at radius 2 is 1.82 bits per heavy atom. The second-order valence-electron chi connectivity index (χ2n) is 8.23. The van der Waals surface area contributed by atoms with Crippen molar-refractivity contribution >= 4 is 21.7 Å². The van der Waals surface area contributed by atoms with Crippen molar-refractivity contribution in [3.05, 3.63) is 78.1 Å². The van der Waals surface area contributed by atoms with E-state index in [1.807, 2.05) is 0 Å². The van der Waals surface area contributed by atoms with E-state index in [1.54, 1.807) is 29.1 Å². The molecule has 2 heterocycles. The van der Waals surface area contributed by atoms with Crippen LogP contribution < -0.4 is 5.32 Å². The van der Waals surface area contributed by atoms with Crippen LogP contribution in [0.25, 0.3) is 5.69 Å². The smallest absolute Gasteiger partial charge is 0.243 e. The Morgan fingerprint density at radius 1 is 1.12 bits per heavy atom. The number of carbonyl (C=O) groups excluding carboxylic acids is 2. The van der Waals surface area contributed by atoms with Crippen molar-refractivity contribution in [2.45, 2.75) is 31.2 Å². The van der Waals surface area contributed by atoms with Gasteiger partial charge in [0.25, 0.3) is 0 Å². The number of hydrogen-bond donors (Lipinski definition) is 1. The lowest BCUT2D eigenvalue weighted by Gasteiger charge is -2.30. The first kappa shape index (κ1) is 23.8. The second-order valence-corrected chi connectivity index (χ2v) is 10.2. The largest absolute Gasteiger partial charge is 0.352 e. The van der Waals surface area contributed by atoms with E-state index < -0.39 is 15.8 Å². The average molecular weight is 485 g/mol. The van der Waals surface area contributed by atoms with Gasteiger partial charge in [-0.2, -0.15) is 4.31 Å². The van der Waals surface area contributed by atoms with Gasteiger partial charge >= 0.3 is 0 Å². The first-order chi connectivity index (χ1) is 16.3. The molecule has 1 amide bonds. The Balaban J connectivity index is 1.31. The van der Waals surface area contributed by atoms with Gasteiger partial charge in [0.05, 0.1) is 16.9 Å². The molecule has 10 heteroatoms. The normalized spacial score (nSPS) is 15.2. The summed E-state index contributed by atoms with van der Waals surface area (Å²) in [5.74, 6) is -1.05. The predicted octanol–water partition coefficient (Wildman–Crippen LogP) is 2.93. The van der Waals surface area contributed by atoms with Gasteiger partial charge in [-0.15, -0.1) is 0 Å². The summed E-state index contributed by atoms with van der Waals surface area (Å²) in [6.45, 7) is 2.06. The number of sulfonamides is 1. The number of piperidine rings is 1. The maximum absolute atomic E-state index is 14.4. The number of nitrogens with one attached hydrogen (secondary N) is 1. The molecule has 1 aliphatic rings. The highest BCUT2D eigenvalue weighted by atomic mass is 32.2. The Labute approximate surface area is 197 Å².